The van der Waals surface area contributed by atoms with Crippen molar-refractivity contribution in [2.75, 3.05) is 30.3 Å². The van der Waals surface area contributed by atoms with Crippen molar-refractivity contribution in [3.05, 3.63) is 36.0 Å². The SMILES string of the molecule is CC(=O)Nc1cccc(NC(=O)CN2CC(c3nc(C)no3)C2)c1. The highest BCUT2D eigenvalue weighted by Crippen LogP contribution is 2.25. The predicted molar refractivity (Wildman–Crippen MR) is 87.6 cm³/mol. The van der Waals surface area contributed by atoms with Gasteiger partial charge in [-0.3, -0.25) is 14.5 Å². The van der Waals surface area contributed by atoms with E-state index >= 15 is 0 Å². The highest BCUT2D eigenvalue weighted by Gasteiger charge is 2.33. The molecule has 1 aromatic heterocycles. The molecule has 1 aliphatic heterocycles. The summed E-state index contributed by atoms with van der Waals surface area (Å²) in [5.74, 6) is 1.20. The molecule has 8 nitrogen and oxygen atoms in total. The average molecular weight is 329 g/mol. The molecule has 1 saturated heterocycles. The summed E-state index contributed by atoms with van der Waals surface area (Å²) in [5, 5.41) is 9.29. The molecular weight excluding hydrogens is 310 g/mol. The van der Waals surface area contributed by atoms with E-state index in [9.17, 15) is 9.59 Å². The molecule has 0 atom stereocenters. The van der Waals surface area contributed by atoms with E-state index in [0.29, 0.717) is 29.6 Å². The third-order valence-corrected chi connectivity index (χ3v) is 3.68. The Balaban J connectivity index is 1.47. The Morgan fingerprint density at radius 1 is 1.29 bits per heavy atom. The lowest BCUT2D eigenvalue weighted by Crippen LogP contribution is -2.48. The molecule has 2 N–H and O–H groups in total. The number of rotatable bonds is 5. The molecule has 2 heterocycles. The Morgan fingerprint density at radius 3 is 2.62 bits per heavy atom. The van der Waals surface area contributed by atoms with Crippen molar-refractivity contribution in [3.8, 4) is 0 Å². The van der Waals surface area contributed by atoms with Crippen LogP contribution in [-0.2, 0) is 9.59 Å². The molecule has 2 aromatic rings. The van der Waals surface area contributed by atoms with Gasteiger partial charge in [0.05, 0.1) is 12.5 Å². The van der Waals surface area contributed by atoms with Gasteiger partial charge in [-0.15, -0.1) is 0 Å². The minimum atomic E-state index is -0.152. The van der Waals surface area contributed by atoms with Crippen LogP contribution in [0, 0.1) is 6.92 Å². The van der Waals surface area contributed by atoms with Gasteiger partial charge < -0.3 is 15.2 Å². The van der Waals surface area contributed by atoms with Crippen LogP contribution in [0.1, 0.15) is 24.6 Å². The van der Waals surface area contributed by atoms with Gasteiger partial charge in [0.1, 0.15) is 0 Å². The van der Waals surface area contributed by atoms with E-state index < -0.39 is 0 Å². The van der Waals surface area contributed by atoms with Crippen molar-refractivity contribution in [2.24, 2.45) is 0 Å². The van der Waals surface area contributed by atoms with Gasteiger partial charge in [0.25, 0.3) is 0 Å². The third-order valence-electron chi connectivity index (χ3n) is 3.68. The number of amides is 2. The first-order valence-corrected chi connectivity index (χ1v) is 7.69. The van der Waals surface area contributed by atoms with Crippen molar-refractivity contribution >= 4 is 23.2 Å². The van der Waals surface area contributed by atoms with Gasteiger partial charge in [-0.1, -0.05) is 11.2 Å². The van der Waals surface area contributed by atoms with Crippen molar-refractivity contribution in [1.29, 1.82) is 0 Å². The summed E-state index contributed by atoms with van der Waals surface area (Å²) in [4.78, 5) is 29.4. The highest BCUT2D eigenvalue weighted by atomic mass is 16.5. The molecule has 2 amide bonds. The Bertz CT molecular complexity index is 752. The minimum absolute atomic E-state index is 0.102. The number of benzene rings is 1. The van der Waals surface area contributed by atoms with Crippen LogP contribution >= 0.6 is 0 Å². The molecule has 8 heteroatoms. The van der Waals surface area contributed by atoms with Crippen molar-refractivity contribution in [2.45, 2.75) is 19.8 Å². The number of anilines is 2. The maximum Gasteiger partial charge on any atom is 0.238 e. The first-order valence-electron chi connectivity index (χ1n) is 7.69. The van der Waals surface area contributed by atoms with Crippen LogP contribution < -0.4 is 10.6 Å². The van der Waals surface area contributed by atoms with Crippen LogP contribution in [0.2, 0.25) is 0 Å². The highest BCUT2D eigenvalue weighted by molar-refractivity contribution is 5.94. The van der Waals surface area contributed by atoms with Crippen LogP contribution in [0.3, 0.4) is 0 Å². The quantitative estimate of drug-likeness (QED) is 0.859. The molecule has 0 unspecified atom stereocenters. The lowest BCUT2D eigenvalue weighted by atomic mass is 10.0. The van der Waals surface area contributed by atoms with Gasteiger partial charge in [-0.2, -0.15) is 4.98 Å². The van der Waals surface area contributed by atoms with Crippen LogP contribution in [0.5, 0.6) is 0 Å². The van der Waals surface area contributed by atoms with E-state index in [4.69, 9.17) is 4.52 Å². The maximum absolute atomic E-state index is 12.1. The molecule has 0 radical (unpaired) electrons. The maximum atomic E-state index is 12.1. The Hall–Kier alpha value is -2.74. The standard InChI is InChI=1S/C16H19N5O3/c1-10-17-16(24-20-10)12-7-21(8-12)9-15(23)19-14-5-3-4-13(6-14)18-11(2)22/h3-6,12H,7-9H2,1-2H3,(H,18,22)(H,19,23). The zero-order chi connectivity index (χ0) is 17.1. The summed E-state index contributed by atoms with van der Waals surface area (Å²) in [5.41, 5.74) is 1.30. The van der Waals surface area contributed by atoms with Crippen molar-refractivity contribution in [1.82, 2.24) is 15.0 Å². The van der Waals surface area contributed by atoms with E-state index in [2.05, 4.69) is 20.8 Å². The molecule has 1 fully saturated rings. The number of hydrogen-bond acceptors (Lipinski definition) is 6. The van der Waals surface area contributed by atoms with Crippen molar-refractivity contribution in [3.63, 3.8) is 0 Å². The van der Waals surface area contributed by atoms with Gasteiger partial charge in [-0.05, 0) is 25.1 Å². The summed E-state index contributed by atoms with van der Waals surface area (Å²) >= 11 is 0. The van der Waals surface area contributed by atoms with E-state index in [-0.39, 0.29) is 17.7 Å². The minimum Gasteiger partial charge on any atom is -0.339 e. The molecule has 126 valence electrons. The van der Waals surface area contributed by atoms with Crippen LogP contribution in [0.25, 0.3) is 0 Å². The molecular formula is C16H19N5O3. The van der Waals surface area contributed by atoms with Crippen LogP contribution in [0.15, 0.2) is 28.8 Å². The lowest BCUT2D eigenvalue weighted by Gasteiger charge is -2.36. The summed E-state index contributed by atoms with van der Waals surface area (Å²) < 4.78 is 5.14. The normalized spacial score (nSPS) is 14.9. The second-order valence-corrected chi connectivity index (χ2v) is 5.88. The number of carbonyl (C=O) groups is 2. The lowest BCUT2D eigenvalue weighted by molar-refractivity contribution is -0.118. The molecule has 0 spiro atoms. The molecule has 0 bridgehead atoms. The Morgan fingerprint density at radius 2 is 2.00 bits per heavy atom. The smallest absolute Gasteiger partial charge is 0.238 e. The summed E-state index contributed by atoms with van der Waals surface area (Å²) in [7, 11) is 0. The molecule has 1 aromatic carbocycles. The van der Waals surface area contributed by atoms with Gasteiger partial charge in [0.2, 0.25) is 17.7 Å². The summed E-state index contributed by atoms with van der Waals surface area (Å²) in [6, 6.07) is 7.05. The van der Waals surface area contributed by atoms with E-state index in [1.165, 1.54) is 6.92 Å². The second kappa shape index (κ2) is 6.79. The van der Waals surface area contributed by atoms with E-state index in [0.717, 1.165) is 13.1 Å². The molecule has 0 saturated carbocycles. The number of carbonyl (C=O) groups excluding carboxylic acids is 2. The Kier molecular flexibility index (Phi) is 4.57. The number of nitrogens with zero attached hydrogens (tertiary/aromatic N) is 3. The van der Waals surface area contributed by atoms with E-state index in [1.54, 1.807) is 31.2 Å². The summed E-state index contributed by atoms with van der Waals surface area (Å²) in [6.45, 7) is 4.97. The molecule has 0 aliphatic carbocycles. The van der Waals surface area contributed by atoms with Gasteiger partial charge in [0, 0.05) is 31.4 Å². The van der Waals surface area contributed by atoms with Crippen LogP contribution in [0.4, 0.5) is 11.4 Å². The second-order valence-electron chi connectivity index (χ2n) is 5.88. The number of hydrogen-bond donors (Lipinski definition) is 2. The largest absolute Gasteiger partial charge is 0.339 e. The molecule has 1 aliphatic rings. The first-order chi connectivity index (χ1) is 11.5. The number of nitrogens with one attached hydrogen (secondary N) is 2. The average Bonchev–Trinajstić information content (AvgIpc) is 2.88. The van der Waals surface area contributed by atoms with Crippen molar-refractivity contribution < 1.29 is 14.1 Å². The Labute approximate surface area is 139 Å². The fourth-order valence-corrected chi connectivity index (χ4v) is 2.62. The topological polar surface area (TPSA) is 100 Å². The first kappa shape index (κ1) is 16.1. The monoisotopic (exact) mass is 329 g/mol. The molecule has 24 heavy (non-hydrogen) atoms. The van der Waals surface area contributed by atoms with Gasteiger partial charge in [0.15, 0.2) is 5.82 Å². The number of aryl methyl sites for hydroxylation is 1. The predicted octanol–water partition coefficient (Wildman–Crippen LogP) is 1.37. The summed E-state index contributed by atoms with van der Waals surface area (Å²) in [6.07, 6.45) is 0. The zero-order valence-corrected chi connectivity index (χ0v) is 13.6. The molecule has 3 rings (SSSR count). The van der Waals surface area contributed by atoms with E-state index in [1.807, 2.05) is 4.90 Å². The third kappa shape index (κ3) is 3.96. The fraction of sp³-hybridized carbons (Fsp3) is 0.375. The zero-order valence-electron chi connectivity index (χ0n) is 13.6. The van der Waals surface area contributed by atoms with Gasteiger partial charge in [-0.25, -0.2) is 0 Å². The number of aromatic nitrogens is 2. The number of likely N-dealkylation sites (tertiary alicyclic amines) is 1. The van der Waals surface area contributed by atoms with Crippen LogP contribution in [-0.4, -0.2) is 46.5 Å². The fourth-order valence-electron chi connectivity index (χ4n) is 2.62. The van der Waals surface area contributed by atoms with Gasteiger partial charge >= 0.3 is 0 Å².